The standard InChI is InChI=1S/C29H32N4O7/c1-32(2)14-7-5-12(6-8-14)15-11-18(30)23(34)20-16(15)9-13-10-17-22(33(3)4)25(36)21(28(31)39)27(38)29(17,40)26(37)19(13)24(20)35/h5-8,11,13,17,22,34-35,38,40H,9-10,30H2,1-4H3,(H2,31,39)/t13-,17-,22-,29-/m1/s1. The molecule has 11 heteroatoms. The number of ketones is 2. The molecule has 1 amide bonds. The summed E-state index contributed by atoms with van der Waals surface area (Å²) in [4.78, 5) is 42.8. The van der Waals surface area contributed by atoms with E-state index in [9.17, 15) is 34.8 Å². The largest absolute Gasteiger partial charge is 0.508 e. The number of aliphatic hydroxyl groups excluding tert-OH is 2. The van der Waals surface area contributed by atoms with E-state index in [0.717, 1.165) is 11.3 Å². The molecule has 0 radical (unpaired) electrons. The Morgan fingerprint density at radius 1 is 1.05 bits per heavy atom. The summed E-state index contributed by atoms with van der Waals surface area (Å²) < 4.78 is 0. The van der Waals surface area contributed by atoms with Gasteiger partial charge < -0.3 is 36.8 Å². The average molecular weight is 549 g/mol. The zero-order valence-corrected chi connectivity index (χ0v) is 22.6. The van der Waals surface area contributed by atoms with E-state index in [0.29, 0.717) is 11.1 Å². The summed E-state index contributed by atoms with van der Waals surface area (Å²) in [6, 6.07) is 8.07. The van der Waals surface area contributed by atoms with Gasteiger partial charge >= 0.3 is 0 Å². The number of phenols is 1. The first-order valence-electron chi connectivity index (χ1n) is 12.8. The van der Waals surface area contributed by atoms with E-state index in [2.05, 4.69) is 0 Å². The smallest absolute Gasteiger partial charge is 0.255 e. The summed E-state index contributed by atoms with van der Waals surface area (Å²) in [5, 5.41) is 45.1. The number of hydrogen-bond acceptors (Lipinski definition) is 10. The van der Waals surface area contributed by atoms with Gasteiger partial charge in [-0.05, 0) is 67.7 Å². The molecule has 210 valence electrons. The van der Waals surface area contributed by atoms with Crippen LogP contribution in [0.2, 0.25) is 0 Å². The second-order valence-corrected chi connectivity index (χ2v) is 11.1. The van der Waals surface area contributed by atoms with Crippen LogP contribution in [0, 0.1) is 11.8 Å². The Labute approximate surface area is 230 Å². The molecule has 0 aliphatic heterocycles. The molecule has 0 aromatic heterocycles. The molecule has 4 atom stereocenters. The number of hydrogen-bond donors (Lipinski definition) is 6. The zero-order valence-electron chi connectivity index (χ0n) is 22.6. The third-order valence-electron chi connectivity index (χ3n) is 8.44. The minimum atomic E-state index is -2.69. The quantitative estimate of drug-likeness (QED) is 0.184. The zero-order chi connectivity index (χ0) is 29.4. The van der Waals surface area contributed by atoms with Crippen molar-refractivity contribution in [1.29, 1.82) is 0 Å². The molecule has 3 aliphatic rings. The van der Waals surface area contributed by atoms with Crippen LogP contribution in [0.1, 0.15) is 17.5 Å². The first-order chi connectivity index (χ1) is 18.7. The Kier molecular flexibility index (Phi) is 6.20. The average Bonchev–Trinajstić information content (AvgIpc) is 2.88. The first-order valence-corrected chi connectivity index (χ1v) is 12.8. The molecule has 3 aliphatic carbocycles. The van der Waals surface area contributed by atoms with Crippen molar-refractivity contribution in [3.8, 4) is 16.9 Å². The molecule has 40 heavy (non-hydrogen) atoms. The molecule has 5 rings (SSSR count). The fraction of sp³-hybridized carbons (Fsp3) is 0.345. The third kappa shape index (κ3) is 3.61. The van der Waals surface area contributed by atoms with Crippen LogP contribution in [0.3, 0.4) is 0 Å². The minimum Gasteiger partial charge on any atom is -0.508 e. The lowest BCUT2D eigenvalue weighted by atomic mass is 9.57. The van der Waals surface area contributed by atoms with Crippen molar-refractivity contribution in [3.05, 3.63) is 58.4 Å². The number of phenolic OH excluding ortho intramolecular Hbond substituents is 1. The molecule has 0 bridgehead atoms. The normalized spacial score (nSPS) is 26.0. The fourth-order valence-electron chi connectivity index (χ4n) is 6.53. The molecule has 0 unspecified atom stereocenters. The van der Waals surface area contributed by atoms with Crippen molar-refractivity contribution < 1.29 is 34.8 Å². The van der Waals surface area contributed by atoms with Crippen LogP contribution in [0.15, 0.2) is 47.2 Å². The number of nitrogens with two attached hydrogens (primary N) is 2. The molecule has 0 heterocycles. The number of fused-ring (bicyclic) bond motifs is 3. The number of Topliss-reactive ketones (excluding diaryl/α,β-unsaturated/α-hetero) is 2. The topological polar surface area (TPSA) is 191 Å². The number of likely N-dealkylation sites (N-methyl/N-ethyl adjacent to an activating group) is 1. The van der Waals surface area contributed by atoms with E-state index in [1.165, 1.54) is 4.90 Å². The summed E-state index contributed by atoms with van der Waals surface area (Å²) in [5.74, 6) is -7.07. The second kappa shape index (κ2) is 9.10. The van der Waals surface area contributed by atoms with Crippen molar-refractivity contribution in [1.82, 2.24) is 4.90 Å². The summed E-state index contributed by atoms with van der Waals surface area (Å²) in [5.41, 5.74) is 10.6. The SMILES string of the molecule is CN(C)c1ccc(-c2cc(N)c(O)c3c2C[C@@H]2C[C@@H]4[C@@H](N(C)C)C(=O)C(C(N)=O)=C(O)[C@]4(O)C(=O)C2=C3O)cc1. The monoisotopic (exact) mass is 548 g/mol. The Bertz CT molecular complexity index is 1540. The van der Waals surface area contributed by atoms with E-state index in [1.807, 2.05) is 43.3 Å². The van der Waals surface area contributed by atoms with Gasteiger partial charge in [0, 0.05) is 31.3 Å². The number of primary amides is 1. The number of benzene rings is 2. The lowest BCUT2D eigenvalue weighted by Crippen LogP contribution is -2.65. The van der Waals surface area contributed by atoms with Gasteiger partial charge in [0.05, 0.1) is 17.3 Å². The third-order valence-corrected chi connectivity index (χ3v) is 8.44. The van der Waals surface area contributed by atoms with Crippen LogP contribution in [0.4, 0.5) is 11.4 Å². The molecular weight excluding hydrogens is 516 g/mol. The summed E-state index contributed by atoms with van der Waals surface area (Å²) >= 11 is 0. The van der Waals surface area contributed by atoms with Crippen molar-refractivity contribution in [2.75, 3.05) is 38.8 Å². The number of aromatic hydroxyl groups is 1. The molecule has 11 nitrogen and oxygen atoms in total. The maximum absolute atomic E-state index is 14.0. The maximum atomic E-state index is 14.0. The van der Waals surface area contributed by atoms with E-state index < -0.39 is 63.8 Å². The van der Waals surface area contributed by atoms with Gasteiger partial charge in [-0.2, -0.15) is 0 Å². The number of rotatable bonds is 4. The molecule has 2 aromatic carbocycles. The van der Waals surface area contributed by atoms with E-state index in [4.69, 9.17) is 11.5 Å². The summed E-state index contributed by atoms with van der Waals surface area (Å²) in [6.45, 7) is 0. The predicted molar refractivity (Wildman–Crippen MR) is 148 cm³/mol. The van der Waals surface area contributed by atoms with E-state index in [1.54, 1.807) is 20.2 Å². The number of anilines is 2. The highest BCUT2D eigenvalue weighted by molar-refractivity contribution is 6.24. The van der Waals surface area contributed by atoms with Gasteiger partial charge in [-0.1, -0.05) is 12.1 Å². The second-order valence-electron chi connectivity index (χ2n) is 11.1. The Morgan fingerprint density at radius 3 is 2.23 bits per heavy atom. The summed E-state index contributed by atoms with van der Waals surface area (Å²) in [6.07, 6.45) is 0.184. The van der Waals surface area contributed by atoms with E-state index in [-0.39, 0.29) is 29.7 Å². The van der Waals surface area contributed by atoms with Crippen LogP contribution < -0.4 is 16.4 Å². The molecule has 2 aromatic rings. The van der Waals surface area contributed by atoms with Gasteiger partial charge in [0.15, 0.2) is 11.4 Å². The van der Waals surface area contributed by atoms with Crippen molar-refractivity contribution in [2.24, 2.45) is 17.6 Å². The number of nitrogen functional groups attached to an aromatic ring is 1. The number of amides is 1. The molecule has 0 spiro atoms. The fourth-order valence-corrected chi connectivity index (χ4v) is 6.53. The summed E-state index contributed by atoms with van der Waals surface area (Å²) in [7, 11) is 6.95. The molecule has 1 fully saturated rings. The van der Waals surface area contributed by atoms with Crippen LogP contribution in [0.5, 0.6) is 5.75 Å². The number of aliphatic hydroxyl groups is 3. The van der Waals surface area contributed by atoms with E-state index >= 15 is 0 Å². The van der Waals surface area contributed by atoms with Crippen LogP contribution in [-0.2, 0) is 20.8 Å². The Balaban J connectivity index is 1.73. The van der Waals surface area contributed by atoms with Crippen molar-refractivity contribution in [2.45, 2.75) is 24.5 Å². The van der Waals surface area contributed by atoms with Crippen molar-refractivity contribution >= 4 is 34.6 Å². The lowest BCUT2D eigenvalue weighted by molar-refractivity contribution is -0.153. The first kappa shape index (κ1) is 27.2. The highest BCUT2D eigenvalue weighted by atomic mass is 16.3. The van der Waals surface area contributed by atoms with Crippen LogP contribution >= 0.6 is 0 Å². The van der Waals surface area contributed by atoms with Crippen LogP contribution in [-0.4, -0.2) is 82.6 Å². The van der Waals surface area contributed by atoms with Crippen molar-refractivity contribution in [3.63, 3.8) is 0 Å². The Hall–Kier alpha value is -4.35. The van der Waals surface area contributed by atoms with Gasteiger partial charge in [0.1, 0.15) is 22.8 Å². The maximum Gasteiger partial charge on any atom is 0.255 e. The molecule has 0 saturated heterocycles. The molecular formula is C29H32N4O7. The lowest BCUT2D eigenvalue weighted by Gasteiger charge is -2.50. The Morgan fingerprint density at radius 2 is 1.68 bits per heavy atom. The highest BCUT2D eigenvalue weighted by Gasteiger charge is 2.64. The van der Waals surface area contributed by atoms with Gasteiger partial charge in [-0.15, -0.1) is 0 Å². The van der Waals surface area contributed by atoms with Gasteiger partial charge in [-0.25, -0.2) is 0 Å². The molecule has 8 N–H and O–H groups in total. The predicted octanol–water partition coefficient (Wildman–Crippen LogP) is 1.28. The van der Waals surface area contributed by atoms with Gasteiger partial charge in [0.2, 0.25) is 5.78 Å². The highest BCUT2D eigenvalue weighted by Crippen LogP contribution is 2.54. The number of carbonyl (C=O) groups excluding carboxylic acids is 3. The minimum absolute atomic E-state index is 0.00983. The molecule has 1 saturated carbocycles. The number of carbonyl (C=O) groups is 3. The van der Waals surface area contributed by atoms with Crippen LogP contribution in [0.25, 0.3) is 16.9 Å². The number of nitrogens with zero attached hydrogens (tertiary/aromatic N) is 2. The van der Waals surface area contributed by atoms with Gasteiger partial charge in [0.25, 0.3) is 5.91 Å². The van der Waals surface area contributed by atoms with Gasteiger partial charge in [-0.3, -0.25) is 19.3 Å².